The van der Waals surface area contributed by atoms with E-state index in [-0.39, 0.29) is 22.8 Å². The number of nitrogens with zero attached hydrogens (tertiary/aromatic N) is 3. The Morgan fingerprint density at radius 1 is 1.39 bits per heavy atom. The highest BCUT2D eigenvalue weighted by molar-refractivity contribution is 8.25. The van der Waals surface area contributed by atoms with Crippen molar-refractivity contribution in [2.75, 3.05) is 16.6 Å². The van der Waals surface area contributed by atoms with Crippen molar-refractivity contribution in [2.24, 2.45) is 5.84 Å². The third-order valence-corrected chi connectivity index (χ3v) is 5.58. The Balaban J connectivity index is 2.27. The van der Waals surface area contributed by atoms with Gasteiger partial charge in [-0.05, 0) is 25.0 Å². The third kappa shape index (κ3) is 2.65. The Morgan fingerprint density at radius 3 is 2.87 bits per heavy atom. The van der Waals surface area contributed by atoms with Gasteiger partial charge in [-0.25, -0.2) is 10.8 Å². The van der Waals surface area contributed by atoms with Gasteiger partial charge in [0.2, 0.25) is 0 Å². The highest BCUT2D eigenvalue weighted by atomic mass is 32.3. The lowest BCUT2D eigenvalue weighted by molar-refractivity contribution is 0.0946. The first-order valence-electron chi connectivity index (χ1n) is 6.98. The van der Waals surface area contributed by atoms with E-state index in [0.29, 0.717) is 18.4 Å². The summed E-state index contributed by atoms with van der Waals surface area (Å²) in [6.45, 7) is 0.383. The minimum atomic E-state index is -3.03. The number of anilines is 1. The molecule has 0 aromatic carbocycles. The van der Waals surface area contributed by atoms with Gasteiger partial charge in [-0.15, -0.1) is 10.8 Å². The van der Waals surface area contributed by atoms with Gasteiger partial charge in [0.25, 0.3) is 5.91 Å². The predicted octanol–water partition coefficient (Wildman–Crippen LogP) is 1.20. The van der Waals surface area contributed by atoms with E-state index < -0.39 is 22.4 Å². The van der Waals surface area contributed by atoms with Gasteiger partial charge in [-0.3, -0.25) is 28.6 Å². The summed E-state index contributed by atoms with van der Waals surface area (Å²) >= 11 is 0. The Bertz CT molecular complexity index is 769. The molecule has 1 fully saturated rings. The van der Waals surface area contributed by atoms with Crippen LogP contribution in [0.5, 0.6) is 5.75 Å². The van der Waals surface area contributed by atoms with Crippen LogP contribution in [0, 0.1) is 0 Å². The maximum absolute atomic E-state index is 11.9. The van der Waals surface area contributed by atoms with E-state index in [1.54, 1.807) is 12.1 Å². The van der Waals surface area contributed by atoms with Crippen molar-refractivity contribution >= 4 is 33.4 Å². The number of hydrazine groups is 1. The number of amides is 1. The van der Waals surface area contributed by atoms with Gasteiger partial charge < -0.3 is 5.11 Å². The molecule has 0 saturated carbocycles. The molecule has 9 nitrogen and oxygen atoms in total. The molecule has 1 saturated heterocycles. The van der Waals surface area contributed by atoms with Gasteiger partial charge in [-0.1, -0.05) is 0 Å². The number of pyridine rings is 2. The van der Waals surface area contributed by atoms with E-state index in [2.05, 4.69) is 9.97 Å². The van der Waals surface area contributed by atoms with Gasteiger partial charge in [0.1, 0.15) is 5.52 Å². The molecule has 0 aliphatic carbocycles. The summed E-state index contributed by atoms with van der Waals surface area (Å²) in [5.74, 6) is 4.36. The summed E-state index contributed by atoms with van der Waals surface area (Å²) in [6.07, 6.45) is 2.92. The van der Waals surface area contributed by atoms with Gasteiger partial charge in [0.15, 0.2) is 17.3 Å². The number of carbonyl (C=O) groups excluding carboxylic acids is 1. The number of hydrogen-bond acceptors (Lipinski definition) is 8. The minimum absolute atomic E-state index is 0.150. The molecule has 1 aliphatic rings. The summed E-state index contributed by atoms with van der Waals surface area (Å²) in [5, 5.41) is 10.7. The van der Waals surface area contributed by atoms with Crippen LogP contribution in [0.1, 0.15) is 23.3 Å². The van der Waals surface area contributed by atoms with Gasteiger partial charge >= 0.3 is 0 Å². The molecule has 0 spiro atoms. The molecule has 0 unspecified atom stereocenters. The van der Waals surface area contributed by atoms with E-state index in [1.165, 1.54) is 10.5 Å². The van der Waals surface area contributed by atoms with Gasteiger partial charge in [0, 0.05) is 18.1 Å². The number of hydrogen-bond donors (Lipinski definition) is 5. The van der Waals surface area contributed by atoms with Crippen LogP contribution in [0.15, 0.2) is 18.3 Å². The maximum atomic E-state index is 11.9. The lowest BCUT2D eigenvalue weighted by Crippen LogP contribution is -2.36. The monoisotopic (exact) mass is 339 g/mol. The van der Waals surface area contributed by atoms with Gasteiger partial charge in [-0.2, -0.15) is 0 Å². The molecule has 3 rings (SSSR count). The molecule has 2 aromatic heterocycles. The highest BCUT2D eigenvalue weighted by Crippen LogP contribution is 2.51. The average molecular weight is 339 g/mol. The van der Waals surface area contributed by atoms with Crippen molar-refractivity contribution < 1.29 is 19.0 Å². The molecule has 0 atom stereocenters. The van der Waals surface area contributed by atoms with E-state index in [9.17, 15) is 19.0 Å². The number of aromatic nitrogens is 2. The molecule has 23 heavy (non-hydrogen) atoms. The summed E-state index contributed by atoms with van der Waals surface area (Å²) in [7, 11) is -3.03. The molecule has 6 N–H and O–H groups in total. The Morgan fingerprint density at radius 2 is 2.17 bits per heavy atom. The van der Waals surface area contributed by atoms with Crippen LogP contribution in [0.25, 0.3) is 10.9 Å². The maximum Gasteiger partial charge on any atom is 0.287 e. The van der Waals surface area contributed by atoms with Crippen LogP contribution in [-0.4, -0.2) is 42.4 Å². The number of fused-ring (bicyclic) bond motifs is 1. The van der Waals surface area contributed by atoms with Crippen LogP contribution < -0.4 is 15.6 Å². The smallest absolute Gasteiger partial charge is 0.287 e. The standard InChI is InChI=1S/C13H17N5O4S/c14-17-13(20)10-11(19)9-8(4-3-5-15-9)12(16-10)18-6-1-2-7-23(18,21)22/h3-5,19,21-22H,1-2,6-7,14H2,(H,17,20). The molecule has 124 valence electrons. The fraction of sp³-hybridized carbons (Fsp3) is 0.308. The SMILES string of the molecule is NNC(=O)c1nc(N2CCCCS2(O)O)c2cccnc2c1O. The van der Waals surface area contributed by atoms with E-state index in [1.807, 2.05) is 5.43 Å². The highest BCUT2D eigenvalue weighted by Gasteiger charge is 2.31. The minimum Gasteiger partial charge on any atom is -0.504 e. The quantitative estimate of drug-likeness (QED) is 0.312. The van der Waals surface area contributed by atoms with E-state index in [0.717, 1.165) is 6.42 Å². The zero-order valence-electron chi connectivity index (χ0n) is 12.1. The normalized spacial score (nSPS) is 18.7. The number of nitrogen functional groups attached to an aromatic ring is 1. The fourth-order valence-electron chi connectivity index (χ4n) is 2.57. The first-order chi connectivity index (χ1) is 11.0. The van der Waals surface area contributed by atoms with Crippen molar-refractivity contribution in [3.8, 4) is 5.75 Å². The number of rotatable bonds is 2. The van der Waals surface area contributed by atoms with Crippen molar-refractivity contribution in [3.63, 3.8) is 0 Å². The van der Waals surface area contributed by atoms with E-state index >= 15 is 0 Å². The number of carbonyl (C=O) groups is 1. The molecule has 3 heterocycles. The van der Waals surface area contributed by atoms with Gasteiger partial charge in [0.05, 0.1) is 5.75 Å². The number of nitrogens with two attached hydrogens (primary N) is 1. The van der Waals surface area contributed by atoms with Crippen molar-refractivity contribution in [2.45, 2.75) is 12.8 Å². The topological polar surface area (TPSA) is 145 Å². The molecular weight excluding hydrogens is 322 g/mol. The van der Waals surface area contributed by atoms with Crippen molar-refractivity contribution in [1.29, 1.82) is 0 Å². The van der Waals surface area contributed by atoms with Crippen molar-refractivity contribution in [3.05, 3.63) is 24.0 Å². The lowest BCUT2D eigenvalue weighted by Gasteiger charge is -2.47. The molecule has 2 aromatic rings. The molecule has 0 bridgehead atoms. The fourth-order valence-corrected chi connectivity index (χ4v) is 4.22. The zero-order valence-corrected chi connectivity index (χ0v) is 13.0. The Labute approximate surface area is 133 Å². The molecule has 1 amide bonds. The summed E-state index contributed by atoms with van der Waals surface area (Å²) < 4.78 is 22.0. The summed E-state index contributed by atoms with van der Waals surface area (Å²) in [4.78, 5) is 20.1. The summed E-state index contributed by atoms with van der Waals surface area (Å²) in [5.41, 5.74) is 1.75. The van der Waals surface area contributed by atoms with Crippen molar-refractivity contribution in [1.82, 2.24) is 15.4 Å². The zero-order chi connectivity index (χ0) is 16.6. The van der Waals surface area contributed by atoms with Crippen LogP contribution in [0.2, 0.25) is 0 Å². The molecule has 1 aliphatic heterocycles. The first kappa shape index (κ1) is 15.7. The Kier molecular flexibility index (Phi) is 3.98. The second-order valence-electron chi connectivity index (χ2n) is 5.15. The number of aromatic hydroxyl groups is 1. The third-order valence-electron chi connectivity index (χ3n) is 3.68. The molecule has 0 radical (unpaired) electrons. The van der Waals surface area contributed by atoms with Crippen LogP contribution in [0.4, 0.5) is 5.82 Å². The second-order valence-corrected chi connectivity index (χ2v) is 7.26. The second kappa shape index (κ2) is 5.81. The van der Waals surface area contributed by atoms with Crippen LogP contribution in [0.3, 0.4) is 0 Å². The summed E-state index contributed by atoms with van der Waals surface area (Å²) in [6, 6.07) is 3.30. The number of nitrogens with one attached hydrogen (secondary N) is 1. The lowest BCUT2D eigenvalue weighted by atomic mass is 10.2. The molecular formula is C13H17N5O4S. The molecule has 10 heteroatoms. The van der Waals surface area contributed by atoms with Crippen LogP contribution >= 0.6 is 10.8 Å². The van der Waals surface area contributed by atoms with Crippen LogP contribution in [-0.2, 0) is 0 Å². The predicted molar refractivity (Wildman–Crippen MR) is 87.2 cm³/mol. The first-order valence-corrected chi connectivity index (χ1v) is 8.65. The average Bonchev–Trinajstić information content (AvgIpc) is 2.55. The largest absolute Gasteiger partial charge is 0.504 e. The van der Waals surface area contributed by atoms with E-state index in [4.69, 9.17) is 5.84 Å². The Hall–Kier alpha value is -2.14.